The van der Waals surface area contributed by atoms with E-state index in [1.54, 1.807) is 6.20 Å². The fourth-order valence-electron chi connectivity index (χ4n) is 2.14. The van der Waals surface area contributed by atoms with Crippen molar-refractivity contribution in [2.45, 2.75) is 25.3 Å². The van der Waals surface area contributed by atoms with Gasteiger partial charge < -0.3 is 10.6 Å². The summed E-state index contributed by atoms with van der Waals surface area (Å²) in [5, 5.41) is 0. The molecule has 1 unspecified atom stereocenters. The van der Waals surface area contributed by atoms with Gasteiger partial charge in [0.05, 0.1) is 0 Å². The molecule has 16 heavy (non-hydrogen) atoms. The van der Waals surface area contributed by atoms with Crippen LogP contribution in [0.25, 0.3) is 0 Å². The molecule has 1 aliphatic rings. The summed E-state index contributed by atoms with van der Waals surface area (Å²) in [6.07, 6.45) is 4.89. The van der Waals surface area contributed by atoms with E-state index in [0.29, 0.717) is 16.8 Å². The van der Waals surface area contributed by atoms with E-state index in [9.17, 15) is 4.39 Å². The van der Waals surface area contributed by atoms with Crippen molar-refractivity contribution in [1.29, 1.82) is 0 Å². The number of nitrogens with zero attached hydrogens (tertiary/aromatic N) is 2. The summed E-state index contributed by atoms with van der Waals surface area (Å²) in [6, 6.07) is 1.67. The minimum absolute atomic E-state index is 0.219. The molecule has 1 aromatic heterocycles. The van der Waals surface area contributed by atoms with E-state index in [-0.39, 0.29) is 11.9 Å². The van der Waals surface area contributed by atoms with Crippen LogP contribution in [0.4, 0.5) is 10.2 Å². The van der Waals surface area contributed by atoms with Gasteiger partial charge in [-0.25, -0.2) is 9.37 Å². The molecular weight excluding hydrogens is 273 g/mol. The lowest BCUT2D eigenvalue weighted by Gasteiger charge is -2.36. The van der Waals surface area contributed by atoms with E-state index in [1.807, 2.05) is 4.90 Å². The molecule has 2 rings (SSSR count). The first-order valence-electron chi connectivity index (χ1n) is 5.50. The molecule has 88 valence electrons. The summed E-state index contributed by atoms with van der Waals surface area (Å²) in [7, 11) is 0. The monoisotopic (exact) mass is 287 g/mol. The molecule has 0 saturated carbocycles. The van der Waals surface area contributed by atoms with Gasteiger partial charge in [-0.2, -0.15) is 0 Å². The zero-order valence-corrected chi connectivity index (χ0v) is 10.6. The lowest BCUT2D eigenvalue weighted by atomic mass is 10.0. The second kappa shape index (κ2) is 5.10. The maximum Gasteiger partial charge on any atom is 0.166 e. The largest absolute Gasteiger partial charge is 0.350 e. The van der Waals surface area contributed by atoms with Crippen molar-refractivity contribution in [1.82, 2.24) is 4.98 Å². The first-order chi connectivity index (χ1) is 7.72. The van der Waals surface area contributed by atoms with Crippen LogP contribution in [-0.2, 0) is 0 Å². The molecule has 5 heteroatoms. The minimum atomic E-state index is -0.283. The fraction of sp³-hybridized carbons (Fsp3) is 0.545. The Morgan fingerprint density at radius 3 is 3.06 bits per heavy atom. The standard InChI is InChI=1S/C11H15BrFN3/c12-8-5-10(13)11(15-7-8)16-4-2-1-3-9(16)6-14/h5,7,9H,1-4,6,14H2. The highest BCUT2D eigenvalue weighted by Crippen LogP contribution is 2.26. The lowest BCUT2D eigenvalue weighted by molar-refractivity contribution is 0.453. The third-order valence-corrected chi connectivity index (χ3v) is 3.39. The Balaban J connectivity index is 2.27. The van der Waals surface area contributed by atoms with Gasteiger partial charge in [-0.15, -0.1) is 0 Å². The minimum Gasteiger partial charge on any atom is -0.350 e. The molecule has 2 heterocycles. The number of piperidine rings is 1. The Labute approximate surface area is 103 Å². The topological polar surface area (TPSA) is 42.1 Å². The molecule has 2 N–H and O–H groups in total. The summed E-state index contributed by atoms with van der Waals surface area (Å²) < 4.78 is 14.4. The van der Waals surface area contributed by atoms with Crippen molar-refractivity contribution >= 4 is 21.7 Å². The summed E-state index contributed by atoms with van der Waals surface area (Å²) in [4.78, 5) is 6.14. The van der Waals surface area contributed by atoms with Crippen molar-refractivity contribution in [2.75, 3.05) is 18.0 Å². The highest BCUT2D eigenvalue weighted by atomic mass is 79.9. The highest BCUT2D eigenvalue weighted by Gasteiger charge is 2.24. The quantitative estimate of drug-likeness (QED) is 0.908. The Morgan fingerprint density at radius 2 is 2.38 bits per heavy atom. The molecule has 1 fully saturated rings. The van der Waals surface area contributed by atoms with Crippen LogP contribution in [0.3, 0.4) is 0 Å². The maximum absolute atomic E-state index is 13.8. The van der Waals surface area contributed by atoms with Gasteiger partial charge in [0.2, 0.25) is 0 Å². The number of anilines is 1. The molecule has 1 atom stereocenters. The van der Waals surface area contributed by atoms with E-state index in [2.05, 4.69) is 20.9 Å². The first kappa shape index (κ1) is 11.8. The van der Waals surface area contributed by atoms with Crippen LogP contribution in [-0.4, -0.2) is 24.1 Å². The van der Waals surface area contributed by atoms with E-state index >= 15 is 0 Å². The second-order valence-corrected chi connectivity index (χ2v) is 4.95. The van der Waals surface area contributed by atoms with Gasteiger partial charge in [-0.1, -0.05) is 0 Å². The van der Waals surface area contributed by atoms with Crippen LogP contribution in [0.2, 0.25) is 0 Å². The second-order valence-electron chi connectivity index (χ2n) is 4.04. The first-order valence-corrected chi connectivity index (χ1v) is 6.29. The number of rotatable bonds is 2. The number of hydrogen-bond donors (Lipinski definition) is 1. The van der Waals surface area contributed by atoms with Crippen LogP contribution in [0.1, 0.15) is 19.3 Å². The molecule has 1 saturated heterocycles. The van der Waals surface area contributed by atoms with E-state index in [4.69, 9.17) is 5.73 Å². The molecule has 1 aromatic rings. The van der Waals surface area contributed by atoms with Crippen LogP contribution < -0.4 is 10.6 Å². The lowest BCUT2D eigenvalue weighted by Crippen LogP contribution is -2.45. The van der Waals surface area contributed by atoms with Crippen molar-refractivity contribution < 1.29 is 4.39 Å². The number of pyridine rings is 1. The Hall–Kier alpha value is -0.680. The normalized spacial score (nSPS) is 21.2. The van der Waals surface area contributed by atoms with Gasteiger partial charge in [0.15, 0.2) is 11.6 Å². The van der Waals surface area contributed by atoms with E-state index in [0.717, 1.165) is 25.8 Å². The van der Waals surface area contributed by atoms with E-state index < -0.39 is 0 Å². The number of nitrogens with two attached hydrogens (primary N) is 1. The predicted octanol–water partition coefficient (Wildman–Crippen LogP) is 2.30. The Kier molecular flexibility index (Phi) is 3.76. The smallest absolute Gasteiger partial charge is 0.166 e. The Morgan fingerprint density at radius 1 is 1.56 bits per heavy atom. The fourth-order valence-corrected chi connectivity index (χ4v) is 2.45. The van der Waals surface area contributed by atoms with Crippen molar-refractivity contribution in [3.63, 3.8) is 0 Å². The molecule has 0 amide bonds. The predicted molar refractivity (Wildman–Crippen MR) is 65.9 cm³/mol. The van der Waals surface area contributed by atoms with Crippen molar-refractivity contribution in [2.24, 2.45) is 5.73 Å². The number of halogens is 2. The van der Waals surface area contributed by atoms with Gasteiger partial charge in [0.25, 0.3) is 0 Å². The molecular formula is C11H15BrFN3. The van der Waals surface area contributed by atoms with Crippen LogP contribution in [0.5, 0.6) is 0 Å². The zero-order valence-electron chi connectivity index (χ0n) is 9.00. The molecule has 1 aliphatic heterocycles. The van der Waals surface area contributed by atoms with Gasteiger partial charge in [-0.05, 0) is 41.3 Å². The number of aromatic nitrogens is 1. The molecule has 0 radical (unpaired) electrons. The maximum atomic E-state index is 13.8. The van der Waals surface area contributed by atoms with Crippen LogP contribution >= 0.6 is 15.9 Å². The Bertz CT molecular complexity index is 372. The number of hydrogen-bond acceptors (Lipinski definition) is 3. The van der Waals surface area contributed by atoms with Gasteiger partial charge in [0, 0.05) is 29.8 Å². The van der Waals surface area contributed by atoms with Crippen LogP contribution in [0, 0.1) is 5.82 Å². The average molecular weight is 288 g/mol. The SMILES string of the molecule is NCC1CCCCN1c1ncc(Br)cc1F. The zero-order chi connectivity index (χ0) is 11.5. The molecule has 0 bridgehead atoms. The summed E-state index contributed by atoms with van der Waals surface area (Å²) >= 11 is 3.21. The summed E-state index contributed by atoms with van der Waals surface area (Å²) in [6.45, 7) is 1.39. The van der Waals surface area contributed by atoms with Crippen LogP contribution in [0.15, 0.2) is 16.7 Å². The summed E-state index contributed by atoms with van der Waals surface area (Å²) in [5.74, 6) is 0.146. The molecule has 0 aromatic carbocycles. The van der Waals surface area contributed by atoms with Gasteiger partial charge in [0.1, 0.15) is 0 Å². The molecule has 3 nitrogen and oxygen atoms in total. The molecule has 0 aliphatic carbocycles. The third kappa shape index (κ3) is 2.35. The molecule has 0 spiro atoms. The highest BCUT2D eigenvalue weighted by molar-refractivity contribution is 9.10. The third-order valence-electron chi connectivity index (χ3n) is 2.96. The van der Waals surface area contributed by atoms with Crippen molar-refractivity contribution in [3.8, 4) is 0 Å². The summed E-state index contributed by atoms with van der Waals surface area (Å²) in [5.41, 5.74) is 5.71. The average Bonchev–Trinajstić information content (AvgIpc) is 2.29. The van der Waals surface area contributed by atoms with Crippen molar-refractivity contribution in [3.05, 3.63) is 22.6 Å². The van der Waals surface area contributed by atoms with Gasteiger partial charge in [-0.3, -0.25) is 0 Å². The van der Waals surface area contributed by atoms with E-state index in [1.165, 1.54) is 6.07 Å². The van der Waals surface area contributed by atoms with Gasteiger partial charge >= 0.3 is 0 Å².